The first kappa shape index (κ1) is 12.4. The quantitative estimate of drug-likeness (QED) is 0.791. The highest BCUT2D eigenvalue weighted by Gasteiger charge is 2.44. The molecule has 3 rings (SSSR count). The van der Waals surface area contributed by atoms with Gasteiger partial charge in [0, 0.05) is 25.5 Å². The third-order valence-corrected chi connectivity index (χ3v) is 5.30. The van der Waals surface area contributed by atoms with Crippen molar-refractivity contribution < 1.29 is 14.6 Å². The Balaban J connectivity index is 1.53. The second-order valence-corrected chi connectivity index (χ2v) is 6.37. The van der Waals surface area contributed by atoms with E-state index in [1.807, 2.05) is 6.92 Å². The summed E-state index contributed by atoms with van der Waals surface area (Å²) in [4.78, 5) is 12.2. The standard InChI is InChI=1S/C14H23NO3/c1-9-14(17,4-5-18-9)8-15-13(16)12-7-10-2-3-11(12)6-10/h9-12,17H,2-8H2,1H3,(H,15,16). The second kappa shape index (κ2) is 4.49. The van der Waals surface area contributed by atoms with Crippen LogP contribution in [0, 0.1) is 17.8 Å². The Hall–Kier alpha value is -0.610. The van der Waals surface area contributed by atoms with Gasteiger partial charge in [-0.1, -0.05) is 6.42 Å². The summed E-state index contributed by atoms with van der Waals surface area (Å²) in [6.07, 6.45) is 5.25. The molecule has 0 spiro atoms. The number of hydrogen-bond acceptors (Lipinski definition) is 3. The third-order valence-electron chi connectivity index (χ3n) is 5.30. The molecule has 0 aromatic rings. The predicted octanol–water partition coefficient (Wildman–Crippen LogP) is 1.08. The molecule has 0 radical (unpaired) electrons. The Bertz CT molecular complexity index is 346. The van der Waals surface area contributed by atoms with Gasteiger partial charge in [-0.2, -0.15) is 0 Å². The summed E-state index contributed by atoms with van der Waals surface area (Å²) < 4.78 is 5.37. The van der Waals surface area contributed by atoms with Crippen LogP contribution in [0.5, 0.6) is 0 Å². The Kier molecular flexibility index (Phi) is 3.10. The molecular weight excluding hydrogens is 230 g/mol. The molecule has 18 heavy (non-hydrogen) atoms. The number of hydrogen-bond donors (Lipinski definition) is 2. The molecule has 4 heteroatoms. The van der Waals surface area contributed by atoms with Gasteiger partial charge in [0.05, 0.1) is 6.10 Å². The molecule has 1 heterocycles. The Morgan fingerprint density at radius 3 is 2.83 bits per heavy atom. The lowest BCUT2D eigenvalue weighted by atomic mass is 9.88. The number of rotatable bonds is 3. The van der Waals surface area contributed by atoms with Gasteiger partial charge < -0.3 is 15.2 Å². The summed E-state index contributed by atoms with van der Waals surface area (Å²) in [6.45, 7) is 2.79. The fraction of sp³-hybridized carbons (Fsp3) is 0.929. The minimum absolute atomic E-state index is 0.148. The molecular formula is C14H23NO3. The van der Waals surface area contributed by atoms with E-state index in [2.05, 4.69) is 5.32 Å². The average Bonchev–Trinajstić information content (AvgIpc) is 3.04. The molecule has 102 valence electrons. The molecule has 0 aromatic carbocycles. The highest BCUT2D eigenvalue weighted by molar-refractivity contribution is 5.79. The van der Waals surface area contributed by atoms with Gasteiger partial charge in [0.2, 0.25) is 5.91 Å². The summed E-state index contributed by atoms with van der Waals surface area (Å²) in [6, 6.07) is 0. The highest BCUT2D eigenvalue weighted by Crippen LogP contribution is 2.48. The van der Waals surface area contributed by atoms with Gasteiger partial charge in [0.1, 0.15) is 5.60 Å². The van der Waals surface area contributed by atoms with Crippen LogP contribution >= 0.6 is 0 Å². The summed E-state index contributed by atoms with van der Waals surface area (Å²) >= 11 is 0. The molecule has 3 aliphatic rings. The molecule has 1 aliphatic heterocycles. The van der Waals surface area contributed by atoms with E-state index in [1.54, 1.807) is 0 Å². The van der Waals surface area contributed by atoms with Crippen LogP contribution in [-0.2, 0) is 9.53 Å². The Morgan fingerprint density at radius 2 is 2.28 bits per heavy atom. The van der Waals surface area contributed by atoms with Gasteiger partial charge >= 0.3 is 0 Å². The van der Waals surface area contributed by atoms with Gasteiger partial charge in [-0.25, -0.2) is 0 Å². The van der Waals surface area contributed by atoms with Crippen molar-refractivity contribution in [2.75, 3.05) is 13.2 Å². The number of ether oxygens (including phenoxy) is 1. The number of aliphatic hydroxyl groups is 1. The molecule has 0 aromatic heterocycles. The van der Waals surface area contributed by atoms with Gasteiger partial charge in [-0.15, -0.1) is 0 Å². The van der Waals surface area contributed by atoms with Gasteiger partial charge in [-0.05, 0) is 38.0 Å². The number of amides is 1. The minimum Gasteiger partial charge on any atom is -0.385 e. The van der Waals surface area contributed by atoms with Crippen LogP contribution in [0.1, 0.15) is 39.0 Å². The fourth-order valence-corrected chi connectivity index (χ4v) is 3.94. The second-order valence-electron chi connectivity index (χ2n) is 6.37. The maximum Gasteiger partial charge on any atom is 0.223 e. The lowest BCUT2D eigenvalue weighted by Crippen LogP contribution is -2.49. The molecule has 3 fully saturated rings. The van der Waals surface area contributed by atoms with Crippen molar-refractivity contribution in [3.05, 3.63) is 0 Å². The first-order valence-corrected chi connectivity index (χ1v) is 7.20. The molecule has 4 nitrogen and oxygen atoms in total. The summed E-state index contributed by atoms with van der Waals surface area (Å²) in [7, 11) is 0. The largest absolute Gasteiger partial charge is 0.385 e. The third kappa shape index (κ3) is 2.05. The predicted molar refractivity (Wildman–Crippen MR) is 66.9 cm³/mol. The summed E-state index contributed by atoms with van der Waals surface area (Å²) in [5.41, 5.74) is -0.868. The number of fused-ring (bicyclic) bond motifs is 2. The van der Waals surface area contributed by atoms with E-state index in [4.69, 9.17) is 4.74 Å². The Labute approximate surface area is 108 Å². The lowest BCUT2D eigenvalue weighted by molar-refractivity contribution is -0.128. The van der Waals surface area contributed by atoms with E-state index in [1.165, 1.54) is 19.3 Å². The topological polar surface area (TPSA) is 58.6 Å². The molecule has 2 aliphatic carbocycles. The van der Waals surface area contributed by atoms with Gasteiger partial charge in [0.25, 0.3) is 0 Å². The maximum atomic E-state index is 12.2. The molecule has 5 atom stereocenters. The number of carbonyl (C=O) groups excluding carboxylic acids is 1. The van der Waals surface area contributed by atoms with Crippen molar-refractivity contribution in [3.63, 3.8) is 0 Å². The lowest BCUT2D eigenvalue weighted by Gasteiger charge is -2.28. The molecule has 2 N–H and O–H groups in total. The normalized spacial score (nSPS) is 46.6. The average molecular weight is 253 g/mol. The van der Waals surface area contributed by atoms with Crippen LogP contribution in [0.25, 0.3) is 0 Å². The van der Waals surface area contributed by atoms with Crippen LogP contribution < -0.4 is 5.32 Å². The summed E-state index contributed by atoms with van der Waals surface area (Å²) in [5, 5.41) is 13.3. The van der Waals surface area contributed by atoms with E-state index < -0.39 is 5.60 Å². The molecule has 2 saturated carbocycles. The molecule has 1 saturated heterocycles. The SMILES string of the molecule is CC1OCCC1(O)CNC(=O)C1CC2CCC1C2. The van der Waals surface area contributed by atoms with E-state index in [9.17, 15) is 9.90 Å². The number of carbonyl (C=O) groups is 1. The fourth-order valence-electron chi connectivity index (χ4n) is 3.94. The monoisotopic (exact) mass is 253 g/mol. The first-order valence-electron chi connectivity index (χ1n) is 7.20. The zero-order valence-corrected chi connectivity index (χ0v) is 11.0. The molecule has 5 unspecified atom stereocenters. The van der Waals surface area contributed by atoms with E-state index in [0.29, 0.717) is 25.5 Å². The minimum atomic E-state index is -0.868. The van der Waals surface area contributed by atoms with E-state index >= 15 is 0 Å². The van der Waals surface area contributed by atoms with Crippen LogP contribution in [-0.4, -0.2) is 35.9 Å². The van der Waals surface area contributed by atoms with Crippen LogP contribution in [0.3, 0.4) is 0 Å². The van der Waals surface area contributed by atoms with Crippen LogP contribution in [0.4, 0.5) is 0 Å². The zero-order chi connectivity index (χ0) is 12.8. The van der Waals surface area contributed by atoms with Crippen LogP contribution in [0.15, 0.2) is 0 Å². The van der Waals surface area contributed by atoms with Crippen LogP contribution in [0.2, 0.25) is 0 Å². The number of nitrogens with one attached hydrogen (secondary N) is 1. The van der Waals surface area contributed by atoms with Crippen molar-refractivity contribution in [2.24, 2.45) is 17.8 Å². The van der Waals surface area contributed by atoms with Crippen molar-refractivity contribution in [2.45, 2.75) is 50.7 Å². The van der Waals surface area contributed by atoms with E-state index in [-0.39, 0.29) is 17.9 Å². The van der Waals surface area contributed by atoms with Gasteiger partial charge in [0.15, 0.2) is 0 Å². The van der Waals surface area contributed by atoms with Crippen molar-refractivity contribution >= 4 is 5.91 Å². The summed E-state index contributed by atoms with van der Waals surface area (Å²) in [5.74, 6) is 1.73. The van der Waals surface area contributed by atoms with Crippen molar-refractivity contribution in [1.82, 2.24) is 5.32 Å². The first-order chi connectivity index (χ1) is 8.58. The van der Waals surface area contributed by atoms with Gasteiger partial charge in [-0.3, -0.25) is 4.79 Å². The van der Waals surface area contributed by atoms with E-state index in [0.717, 1.165) is 12.3 Å². The molecule has 2 bridgehead atoms. The maximum absolute atomic E-state index is 12.2. The smallest absolute Gasteiger partial charge is 0.223 e. The highest BCUT2D eigenvalue weighted by atomic mass is 16.5. The molecule has 1 amide bonds. The van der Waals surface area contributed by atoms with Crippen molar-refractivity contribution in [3.8, 4) is 0 Å². The Morgan fingerprint density at radius 1 is 1.44 bits per heavy atom. The van der Waals surface area contributed by atoms with Crippen molar-refractivity contribution in [1.29, 1.82) is 0 Å². The zero-order valence-electron chi connectivity index (χ0n) is 11.0.